The maximum Gasteiger partial charge on any atom is 0.294 e. The largest absolute Gasteiger partial charge is 0.465 e. The van der Waals surface area contributed by atoms with Gasteiger partial charge >= 0.3 is 0 Å². The molecule has 0 aromatic carbocycles. The first-order valence-corrected chi connectivity index (χ1v) is 8.01. The van der Waals surface area contributed by atoms with Crippen LogP contribution in [0.1, 0.15) is 19.6 Å². The molecule has 118 valence electrons. The van der Waals surface area contributed by atoms with Gasteiger partial charge in [-0.15, -0.1) is 0 Å². The molecule has 2 amide bonds. The number of ether oxygens (including phenoxy) is 1. The van der Waals surface area contributed by atoms with Crippen molar-refractivity contribution in [2.75, 3.05) is 19.8 Å². The molecule has 2 aliphatic rings. The Kier molecular flexibility index (Phi) is 4.37. The Labute approximate surface area is 133 Å². The molecule has 3 heterocycles. The van der Waals surface area contributed by atoms with Crippen LogP contribution >= 0.6 is 11.8 Å². The third-order valence-corrected chi connectivity index (χ3v) is 4.43. The number of carbonyl (C=O) groups is 2. The summed E-state index contributed by atoms with van der Waals surface area (Å²) in [7, 11) is 0. The Morgan fingerprint density at radius 2 is 2.05 bits per heavy atom. The minimum Gasteiger partial charge on any atom is -0.465 e. The van der Waals surface area contributed by atoms with E-state index in [0.29, 0.717) is 30.4 Å². The second-order valence-electron chi connectivity index (χ2n) is 5.56. The van der Waals surface area contributed by atoms with E-state index in [1.54, 1.807) is 18.2 Å². The SMILES string of the molecule is C[C@@H]1CN(CN2C(=O)S/C(=C\c3ccco3)C2=O)C[C@@H](C)O1. The second kappa shape index (κ2) is 6.28. The zero-order valence-electron chi connectivity index (χ0n) is 12.5. The fraction of sp³-hybridized carbons (Fsp3) is 0.467. The molecule has 2 aliphatic heterocycles. The summed E-state index contributed by atoms with van der Waals surface area (Å²) in [5.74, 6) is 0.303. The summed E-state index contributed by atoms with van der Waals surface area (Å²) in [6, 6.07) is 3.49. The first-order valence-electron chi connectivity index (χ1n) is 7.19. The highest BCUT2D eigenvalue weighted by atomic mass is 32.2. The van der Waals surface area contributed by atoms with Gasteiger partial charge in [0.15, 0.2) is 0 Å². The van der Waals surface area contributed by atoms with Crippen LogP contribution in [0.3, 0.4) is 0 Å². The number of carbonyl (C=O) groups excluding carboxylic acids is 2. The van der Waals surface area contributed by atoms with Crippen LogP contribution in [0.2, 0.25) is 0 Å². The lowest BCUT2D eigenvalue weighted by Gasteiger charge is -2.36. The normalized spacial score (nSPS) is 28.8. The van der Waals surface area contributed by atoms with Gasteiger partial charge in [-0.1, -0.05) is 0 Å². The number of thioether (sulfide) groups is 1. The maximum atomic E-state index is 12.4. The molecular weight excluding hydrogens is 304 g/mol. The van der Waals surface area contributed by atoms with Crippen LogP contribution in [0, 0.1) is 0 Å². The van der Waals surface area contributed by atoms with Gasteiger partial charge in [0, 0.05) is 19.2 Å². The van der Waals surface area contributed by atoms with Crippen molar-refractivity contribution < 1.29 is 18.7 Å². The molecule has 22 heavy (non-hydrogen) atoms. The molecular formula is C15H18N2O4S. The maximum absolute atomic E-state index is 12.4. The summed E-state index contributed by atoms with van der Waals surface area (Å²) in [6.07, 6.45) is 3.34. The lowest BCUT2D eigenvalue weighted by atomic mass is 10.2. The van der Waals surface area contributed by atoms with Crippen molar-refractivity contribution in [3.05, 3.63) is 29.1 Å². The van der Waals surface area contributed by atoms with Crippen LogP contribution in [0.5, 0.6) is 0 Å². The molecule has 2 saturated heterocycles. The van der Waals surface area contributed by atoms with E-state index < -0.39 is 0 Å². The molecule has 3 rings (SSSR count). The average Bonchev–Trinajstić information content (AvgIpc) is 3.03. The van der Waals surface area contributed by atoms with Crippen molar-refractivity contribution in [3.63, 3.8) is 0 Å². The van der Waals surface area contributed by atoms with Crippen molar-refractivity contribution >= 4 is 29.0 Å². The van der Waals surface area contributed by atoms with E-state index in [1.807, 2.05) is 13.8 Å². The van der Waals surface area contributed by atoms with Crippen molar-refractivity contribution in [1.29, 1.82) is 0 Å². The van der Waals surface area contributed by atoms with E-state index in [9.17, 15) is 9.59 Å². The van der Waals surface area contributed by atoms with Gasteiger partial charge in [0.2, 0.25) is 0 Å². The molecule has 2 fully saturated rings. The van der Waals surface area contributed by atoms with E-state index in [2.05, 4.69) is 4.90 Å². The molecule has 0 radical (unpaired) electrons. The predicted octanol–water partition coefficient (Wildman–Crippen LogP) is 2.38. The van der Waals surface area contributed by atoms with Crippen LogP contribution in [0.4, 0.5) is 4.79 Å². The van der Waals surface area contributed by atoms with Crippen molar-refractivity contribution in [3.8, 4) is 0 Å². The molecule has 0 aliphatic carbocycles. The fourth-order valence-electron chi connectivity index (χ4n) is 2.72. The van der Waals surface area contributed by atoms with Crippen LogP contribution < -0.4 is 0 Å². The summed E-state index contributed by atoms with van der Waals surface area (Å²) < 4.78 is 10.9. The van der Waals surface area contributed by atoms with Crippen LogP contribution in [-0.4, -0.2) is 52.9 Å². The Hall–Kier alpha value is -1.57. The van der Waals surface area contributed by atoms with Crippen molar-refractivity contribution in [1.82, 2.24) is 9.80 Å². The molecule has 1 aromatic rings. The first-order chi connectivity index (χ1) is 10.5. The van der Waals surface area contributed by atoms with Crippen molar-refractivity contribution in [2.24, 2.45) is 0 Å². The van der Waals surface area contributed by atoms with Crippen LogP contribution in [0.15, 0.2) is 27.7 Å². The van der Waals surface area contributed by atoms with E-state index in [0.717, 1.165) is 11.8 Å². The number of nitrogens with zero attached hydrogens (tertiary/aromatic N) is 2. The third-order valence-electron chi connectivity index (χ3n) is 3.53. The second-order valence-corrected chi connectivity index (χ2v) is 6.55. The molecule has 6 nitrogen and oxygen atoms in total. The smallest absolute Gasteiger partial charge is 0.294 e. The summed E-state index contributed by atoms with van der Waals surface area (Å²) in [6.45, 7) is 5.71. The van der Waals surface area contributed by atoms with Crippen LogP contribution in [-0.2, 0) is 9.53 Å². The first kappa shape index (κ1) is 15.3. The quantitative estimate of drug-likeness (QED) is 0.796. The third kappa shape index (κ3) is 3.26. The highest BCUT2D eigenvalue weighted by Crippen LogP contribution is 2.32. The van der Waals surface area contributed by atoms with E-state index in [1.165, 1.54) is 11.2 Å². The summed E-state index contributed by atoms with van der Waals surface area (Å²) in [4.78, 5) is 28.2. The molecule has 2 atom stereocenters. The molecule has 1 aromatic heterocycles. The number of amides is 2. The summed E-state index contributed by atoms with van der Waals surface area (Å²) in [5.41, 5.74) is 0. The van der Waals surface area contributed by atoms with Gasteiger partial charge in [-0.2, -0.15) is 0 Å². The topological polar surface area (TPSA) is 63.0 Å². The fourth-order valence-corrected chi connectivity index (χ4v) is 3.54. The Morgan fingerprint density at radius 3 is 2.68 bits per heavy atom. The number of furan rings is 1. The minimum absolute atomic E-state index is 0.0994. The number of hydrogen-bond donors (Lipinski definition) is 0. The van der Waals surface area contributed by atoms with Gasteiger partial charge in [-0.3, -0.25) is 19.4 Å². The number of imide groups is 1. The monoisotopic (exact) mass is 322 g/mol. The highest BCUT2D eigenvalue weighted by molar-refractivity contribution is 8.18. The Morgan fingerprint density at radius 1 is 1.32 bits per heavy atom. The molecule has 0 spiro atoms. The van der Waals surface area contributed by atoms with Gasteiger partial charge in [-0.05, 0) is 37.7 Å². The molecule has 0 bridgehead atoms. The van der Waals surface area contributed by atoms with Crippen molar-refractivity contribution in [2.45, 2.75) is 26.1 Å². The number of hydrogen-bond acceptors (Lipinski definition) is 6. The van der Waals surface area contributed by atoms with Gasteiger partial charge in [0.1, 0.15) is 5.76 Å². The zero-order valence-corrected chi connectivity index (χ0v) is 13.3. The zero-order chi connectivity index (χ0) is 15.7. The molecule has 7 heteroatoms. The van der Waals surface area contributed by atoms with E-state index in [4.69, 9.17) is 9.15 Å². The Bertz CT molecular complexity index is 589. The molecule has 0 N–H and O–H groups in total. The van der Waals surface area contributed by atoms with Crippen LogP contribution in [0.25, 0.3) is 6.08 Å². The number of rotatable bonds is 3. The van der Waals surface area contributed by atoms with Gasteiger partial charge in [0.05, 0.1) is 30.0 Å². The lowest BCUT2D eigenvalue weighted by Crippen LogP contribution is -2.50. The van der Waals surface area contributed by atoms with Gasteiger partial charge < -0.3 is 9.15 Å². The number of morpholine rings is 1. The average molecular weight is 322 g/mol. The highest BCUT2D eigenvalue weighted by Gasteiger charge is 2.37. The lowest BCUT2D eigenvalue weighted by molar-refractivity contribution is -0.127. The van der Waals surface area contributed by atoms with Gasteiger partial charge in [0.25, 0.3) is 11.1 Å². The minimum atomic E-state index is -0.266. The van der Waals surface area contributed by atoms with Gasteiger partial charge in [-0.25, -0.2) is 0 Å². The van der Waals surface area contributed by atoms with E-state index in [-0.39, 0.29) is 23.4 Å². The predicted molar refractivity (Wildman–Crippen MR) is 83.0 cm³/mol. The standard InChI is InChI=1S/C15H18N2O4S/c1-10-7-16(8-11(2)21-10)9-17-14(18)13(22-15(17)19)6-12-4-3-5-20-12/h3-6,10-11H,7-9H2,1-2H3/b13-6-/t10-,11-/m1/s1. The molecule has 0 saturated carbocycles. The summed E-state index contributed by atoms with van der Waals surface area (Å²) >= 11 is 0.951. The Balaban J connectivity index is 1.69. The molecule has 0 unspecified atom stereocenters. The summed E-state index contributed by atoms with van der Waals surface area (Å²) in [5, 5.41) is -0.241. The van der Waals surface area contributed by atoms with E-state index >= 15 is 0 Å².